The molecule has 1 nitrogen and oxygen atoms in total. The molecule has 0 amide bonds. The van der Waals surface area contributed by atoms with E-state index in [0.717, 1.165) is 5.39 Å². The van der Waals surface area contributed by atoms with Crippen molar-refractivity contribution in [2.75, 3.05) is 0 Å². The lowest BCUT2D eigenvalue weighted by molar-refractivity contribution is 0.628. The van der Waals surface area contributed by atoms with E-state index in [2.05, 4.69) is 4.98 Å². The molecule has 0 bridgehead atoms. The Morgan fingerprint density at radius 3 is 2.50 bits per heavy atom. The number of halogens is 2. The maximum atomic E-state index is 13.6. The minimum absolute atomic E-state index is 0.305. The Hall–Kier alpha value is -2.29. The fourth-order valence-electron chi connectivity index (χ4n) is 1.92. The molecule has 0 unspecified atom stereocenters. The Morgan fingerprint density at radius 1 is 0.833 bits per heavy atom. The van der Waals surface area contributed by atoms with Crippen molar-refractivity contribution in [1.29, 1.82) is 0 Å². The largest absolute Gasteiger partial charge is 0.245 e. The molecular weight excluding hydrogens is 232 g/mol. The zero-order chi connectivity index (χ0) is 12.5. The van der Waals surface area contributed by atoms with Gasteiger partial charge in [-0.15, -0.1) is 0 Å². The number of nitrogens with zero attached hydrogens (tertiary/aromatic N) is 1. The van der Waals surface area contributed by atoms with Crippen molar-refractivity contribution in [3.63, 3.8) is 0 Å². The summed E-state index contributed by atoms with van der Waals surface area (Å²) in [4.78, 5) is 4.24. The first-order valence-electron chi connectivity index (χ1n) is 5.55. The van der Waals surface area contributed by atoms with Crippen LogP contribution in [0, 0.1) is 11.6 Å². The molecule has 0 spiro atoms. The van der Waals surface area contributed by atoms with Gasteiger partial charge in [-0.3, -0.25) is 0 Å². The second-order valence-electron chi connectivity index (χ2n) is 4.02. The van der Waals surface area contributed by atoms with E-state index in [4.69, 9.17) is 0 Å². The van der Waals surface area contributed by atoms with Crippen LogP contribution in [-0.4, -0.2) is 4.98 Å². The summed E-state index contributed by atoms with van der Waals surface area (Å²) in [6.07, 6.45) is 0. The van der Waals surface area contributed by atoms with Gasteiger partial charge >= 0.3 is 0 Å². The zero-order valence-electron chi connectivity index (χ0n) is 9.40. The summed E-state index contributed by atoms with van der Waals surface area (Å²) in [5.74, 6) is -0.700. The van der Waals surface area contributed by atoms with E-state index in [1.54, 1.807) is 36.4 Å². The third-order valence-electron chi connectivity index (χ3n) is 2.79. The van der Waals surface area contributed by atoms with Crippen LogP contribution in [0.5, 0.6) is 0 Å². The fraction of sp³-hybridized carbons (Fsp3) is 0. The fourth-order valence-corrected chi connectivity index (χ4v) is 1.92. The average Bonchev–Trinajstić information content (AvgIpc) is 2.39. The molecule has 0 aliphatic rings. The maximum Gasteiger partial charge on any atom is 0.149 e. The second kappa shape index (κ2) is 4.18. The minimum Gasteiger partial charge on any atom is -0.245 e. The highest BCUT2D eigenvalue weighted by Crippen LogP contribution is 2.22. The number of fused-ring (bicyclic) bond motifs is 1. The van der Waals surface area contributed by atoms with Crippen LogP contribution in [0.4, 0.5) is 8.78 Å². The van der Waals surface area contributed by atoms with Crippen molar-refractivity contribution in [3.05, 3.63) is 66.2 Å². The SMILES string of the molecule is Fc1cccc(-c2ccc3cccc(F)c3n2)c1. The van der Waals surface area contributed by atoms with Gasteiger partial charge < -0.3 is 0 Å². The molecule has 18 heavy (non-hydrogen) atoms. The molecule has 1 heterocycles. The number of hydrogen-bond acceptors (Lipinski definition) is 1. The van der Waals surface area contributed by atoms with Crippen molar-refractivity contribution >= 4 is 10.9 Å². The summed E-state index contributed by atoms with van der Waals surface area (Å²) < 4.78 is 26.8. The molecule has 0 aliphatic heterocycles. The van der Waals surface area contributed by atoms with Crippen molar-refractivity contribution in [3.8, 4) is 11.3 Å². The highest BCUT2D eigenvalue weighted by Gasteiger charge is 2.05. The van der Waals surface area contributed by atoms with Crippen molar-refractivity contribution in [2.45, 2.75) is 0 Å². The van der Waals surface area contributed by atoms with E-state index in [9.17, 15) is 8.78 Å². The van der Waals surface area contributed by atoms with Crippen LogP contribution in [0.2, 0.25) is 0 Å². The van der Waals surface area contributed by atoms with Gasteiger partial charge in [-0.25, -0.2) is 13.8 Å². The molecule has 88 valence electrons. The molecule has 0 fully saturated rings. The predicted octanol–water partition coefficient (Wildman–Crippen LogP) is 4.18. The van der Waals surface area contributed by atoms with Crippen LogP contribution in [0.25, 0.3) is 22.2 Å². The van der Waals surface area contributed by atoms with Gasteiger partial charge in [0.05, 0.1) is 5.69 Å². The molecule has 0 aliphatic carbocycles. The van der Waals surface area contributed by atoms with Gasteiger partial charge in [0.1, 0.15) is 17.2 Å². The molecule has 0 N–H and O–H groups in total. The first-order valence-corrected chi connectivity index (χ1v) is 5.55. The van der Waals surface area contributed by atoms with Gasteiger partial charge in [0, 0.05) is 10.9 Å². The first kappa shape index (κ1) is 10.8. The van der Waals surface area contributed by atoms with Crippen LogP contribution in [0.15, 0.2) is 54.6 Å². The number of benzene rings is 2. The normalized spacial score (nSPS) is 10.8. The lowest BCUT2D eigenvalue weighted by Crippen LogP contribution is -1.88. The number of aromatic nitrogens is 1. The van der Waals surface area contributed by atoms with E-state index >= 15 is 0 Å². The second-order valence-corrected chi connectivity index (χ2v) is 4.02. The van der Waals surface area contributed by atoms with E-state index in [1.807, 2.05) is 0 Å². The molecule has 0 radical (unpaired) electrons. The van der Waals surface area contributed by atoms with E-state index < -0.39 is 0 Å². The Bertz CT molecular complexity index is 723. The van der Waals surface area contributed by atoms with Gasteiger partial charge in [-0.1, -0.05) is 30.3 Å². The van der Waals surface area contributed by atoms with Gasteiger partial charge in [0.2, 0.25) is 0 Å². The molecule has 3 heteroatoms. The summed E-state index contributed by atoms with van der Waals surface area (Å²) in [6.45, 7) is 0. The predicted molar refractivity (Wildman–Crippen MR) is 67.1 cm³/mol. The highest BCUT2D eigenvalue weighted by molar-refractivity contribution is 5.82. The number of rotatable bonds is 1. The quantitative estimate of drug-likeness (QED) is 0.622. The third-order valence-corrected chi connectivity index (χ3v) is 2.79. The molecule has 3 rings (SSSR count). The van der Waals surface area contributed by atoms with E-state index in [-0.39, 0.29) is 11.6 Å². The van der Waals surface area contributed by atoms with Crippen molar-refractivity contribution in [1.82, 2.24) is 4.98 Å². The monoisotopic (exact) mass is 241 g/mol. The van der Waals surface area contributed by atoms with Crippen LogP contribution < -0.4 is 0 Å². The molecule has 0 saturated heterocycles. The Balaban J connectivity index is 2.22. The van der Waals surface area contributed by atoms with E-state index in [0.29, 0.717) is 16.8 Å². The maximum absolute atomic E-state index is 13.6. The lowest BCUT2D eigenvalue weighted by Gasteiger charge is -2.04. The summed E-state index contributed by atoms with van der Waals surface area (Å²) in [5, 5.41) is 0.732. The Kier molecular flexibility index (Phi) is 2.52. The number of pyridine rings is 1. The van der Waals surface area contributed by atoms with Crippen molar-refractivity contribution < 1.29 is 8.78 Å². The smallest absolute Gasteiger partial charge is 0.149 e. The summed E-state index contributed by atoms with van der Waals surface area (Å²) >= 11 is 0. The highest BCUT2D eigenvalue weighted by atomic mass is 19.1. The Labute approximate surface area is 103 Å². The molecule has 0 atom stereocenters. The van der Waals surface area contributed by atoms with E-state index in [1.165, 1.54) is 18.2 Å². The summed E-state index contributed by atoms with van der Waals surface area (Å²) in [6, 6.07) is 14.4. The average molecular weight is 241 g/mol. The Morgan fingerprint density at radius 2 is 1.67 bits per heavy atom. The summed E-state index contributed by atoms with van der Waals surface area (Å²) in [5.41, 5.74) is 1.51. The van der Waals surface area contributed by atoms with Gasteiger partial charge in [-0.05, 0) is 24.3 Å². The van der Waals surface area contributed by atoms with Crippen molar-refractivity contribution in [2.24, 2.45) is 0 Å². The lowest BCUT2D eigenvalue weighted by atomic mass is 10.1. The molecule has 3 aromatic rings. The third kappa shape index (κ3) is 1.84. The van der Waals surface area contributed by atoms with Crippen LogP contribution >= 0.6 is 0 Å². The minimum atomic E-state index is -0.370. The number of para-hydroxylation sites is 1. The summed E-state index contributed by atoms with van der Waals surface area (Å²) in [7, 11) is 0. The van der Waals surface area contributed by atoms with Crippen LogP contribution in [-0.2, 0) is 0 Å². The van der Waals surface area contributed by atoms with Gasteiger partial charge in [0.15, 0.2) is 0 Å². The van der Waals surface area contributed by atoms with Crippen LogP contribution in [0.1, 0.15) is 0 Å². The van der Waals surface area contributed by atoms with Gasteiger partial charge in [-0.2, -0.15) is 0 Å². The zero-order valence-corrected chi connectivity index (χ0v) is 9.40. The molecule has 1 aromatic heterocycles. The molecule has 0 saturated carbocycles. The molecular formula is C15H9F2N. The number of hydrogen-bond donors (Lipinski definition) is 0. The molecule has 2 aromatic carbocycles. The first-order chi connectivity index (χ1) is 8.74. The van der Waals surface area contributed by atoms with Crippen LogP contribution in [0.3, 0.4) is 0 Å². The van der Waals surface area contributed by atoms with Gasteiger partial charge in [0.25, 0.3) is 0 Å². The standard InChI is InChI=1S/C15H9F2N/c16-12-5-1-4-11(9-12)14-8-7-10-3-2-6-13(17)15(10)18-14/h1-9H. The topological polar surface area (TPSA) is 12.9 Å².